The van der Waals surface area contributed by atoms with E-state index < -0.39 is 0 Å². The van der Waals surface area contributed by atoms with Gasteiger partial charge in [-0.3, -0.25) is 9.59 Å². The molecule has 1 fully saturated rings. The molecule has 2 amide bonds. The van der Waals surface area contributed by atoms with E-state index in [4.69, 9.17) is 0 Å². The molecule has 124 valence electrons. The van der Waals surface area contributed by atoms with Crippen molar-refractivity contribution in [3.63, 3.8) is 0 Å². The Balaban J connectivity index is 2.18. The van der Waals surface area contributed by atoms with E-state index in [1.807, 2.05) is 18.7 Å². The number of rotatable bonds is 3. The molecular weight excluding hydrogens is 276 g/mol. The second kappa shape index (κ2) is 6.84. The lowest BCUT2D eigenvalue weighted by atomic mass is 9.75. The minimum atomic E-state index is -0.362. The first-order chi connectivity index (χ1) is 10.3. The standard InChI is InChI=1S/C18H30N2O2/c1-13(2)17(22)20-12-8-11-18(3,4)15(20)16(21)19-14-9-6-5-7-10-14/h9,13,15H,5-8,10-12H2,1-4H3,(H,19,21). The molecule has 0 saturated carbocycles. The van der Waals surface area contributed by atoms with Gasteiger partial charge in [0.05, 0.1) is 0 Å². The van der Waals surface area contributed by atoms with Crippen molar-refractivity contribution in [3.05, 3.63) is 11.8 Å². The molecule has 0 bridgehead atoms. The summed E-state index contributed by atoms with van der Waals surface area (Å²) in [5.41, 5.74) is 0.858. The zero-order chi connectivity index (χ0) is 16.3. The van der Waals surface area contributed by atoms with E-state index in [-0.39, 0.29) is 29.2 Å². The van der Waals surface area contributed by atoms with Crippen molar-refractivity contribution in [2.75, 3.05) is 6.54 Å². The Labute approximate surface area is 134 Å². The minimum Gasteiger partial charge on any atom is -0.330 e. The highest BCUT2D eigenvalue weighted by molar-refractivity contribution is 5.90. The predicted octanol–water partition coefficient (Wildman–Crippen LogP) is 3.23. The summed E-state index contributed by atoms with van der Waals surface area (Å²) in [4.78, 5) is 27.2. The molecule has 1 heterocycles. The number of amides is 2. The normalized spacial score (nSPS) is 24.9. The van der Waals surface area contributed by atoms with Crippen molar-refractivity contribution >= 4 is 11.8 Å². The van der Waals surface area contributed by atoms with Crippen LogP contribution in [0.25, 0.3) is 0 Å². The van der Waals surface area contributed by atoms with Crippen LogP contribution in [0.5, 0.6) is 0 Å². The van der Waals surface area contributed by atoms with Gasteiger partial charge < -0.3 is 10.2 Å². The number of allylic oxidation sites excluding steroid dienone is 2. The largest absolute Gasteiger partial charge is 0.330 e. The summed E-state index contributed by atoms with van der Waals surface area (Å²) in [5.74, 6) is 0.00972. The van der Waals surface area contributed by atoms with Crippen LogP contribution in [0.2, 0.25) is 0 Å². The molecule has 0 radical (unpaired) electrons. The molecule has 22 heavy (non-hydrogen) atoms. The number of likely N-dealkylation sites (tertiary alicyclic amines) is 1. The molecule has 1 aliphatic carbocycles. The monoisotopic (exact) mass is 306 g/mol. The number of carbonyl (C=O) groups excluding carboxylic acids is 2. The van der Waals surface area contributed by atoms with Crippen LogP contribution in [0.4, 0.5) is 0 Å². The van der Waals surface area contributed by atoms with Gasteiger partial charge in [0.1, 0.15) is 6.04 Å². The molecule has 1 atom stereocenters. The van der Waals surface area contributed by atoms with E-state index in [2.05, 4.69) is 25.2 Å². The van der Waals surface area contributed by atoms with E-state index in [9.17, 15) is 9.59 Å². The van der Waals surface area contributed by atoms with Crippen molar-refractivity contribution < 1.29 is 9.59 Å². The van der Waals surface area contributed by atoms with Crippen LogP contribution >= 0.6 is 0 Å². The van der Waals surface area contributed by atoms with Crippen LogP contribution in [-0.4, -0.2) is 29.3 Å². The van der Waals surface area contributed by atoms with Crippen molar-refractivity contribution in [1.29, 1.82) is 0 Å². The highest BCUT2D eigenvalue weighted by Gasteiger charge is 2.44. The number of hydrogen-bond donors (Lipinski definition) is 1. The molecule has 4 nitrogen and oxygen atoms in total. The van der Waals surface area contributed by atoms with Gasteiger partial charge in [0.25, 0.3) is 0 Å². The Bertz CT molecular complexity index is 466. The van der Waals surface area contributed by atoms with Crippen LogP contribution in [0.15, 0.2) is 11.8 Å². The van der Waals surface area contributed by atoms with E-state index in [0.29, 0.717) is 6.54 Å². The molecule has 0 aromatic heterocycles. The first-order valence-corrected chi connectivity index (χ1v) is 8.63. The van der Waals surface area contributed by atoms with E-state index in [1.165, 1.54) is 6.42 Å². The van der Waals surface area contributed by atoms with Gasteiger partial charge in [-0.1, -0.05) is 33.8 Å². The molecule has 1 aliphatic heterocycles. The Hall–Kier alpha value is -1.32. The molecule has 4 heteroatoms. The van der Waals surface area contributed by atoms with Crippen molar-refractivity contribution in [2.24, 2.45) is 11.3 Å². The predicted molar refractivity (Wildman–Crippen MR) is 88.0 cm³/mol. The molecule has 2 rings (SSSR count). The van der Waals surface area contributed by atoms with Crippen LogP contribution < -0.4 is 5.32 Å². The van der Waals surface area contributed by atoms with Gasteiger partial charge in [0, 0.05) is 18.2 Å². The fourth-order valence-corrected chi connectivity index (χ4v) is 3.64. The van der Waals surface area contributed by atoms with E-state index in [0.717, 1.165) is 37.8 Å². The molecule has 0 aromatic carbocycles. The maximum absolute atomic E-state index is 12.9. The third-order valence-electron chi connectivity index (χ3n) is 4.87. The molecular formula is C18H30N2O2. The van der Waals surface area contributed by atoms with Crippen LogP contribution in [0, 0.1) is 11.3 Å². The molecule has 1 unspecified atom stereocenters. The third kappa shape index (κ3) is 3.71. The Morgan fingerprint density at radius 1 is 1.27 bits per heavy atom. The van der Waals surface area contributed by atoms with Crippen molar-refractivity contribution in [3.8, 4) is 0 Å². The number of piperidine rings is 1. The van der Waals surface area contributed by atoms with Crippen molar-refractivity contribution in [2.45, 2.75) is 72.3 Å². The van der Waals surface area contributed by atoms with E-state index >= 15 is 0 Å². The number of carbonyl (C=O) groups is 2. The first-order valence-electron chi connectivity index (χ1n) is 8.63. The quantitative estimate of drug-likeness (QED) is 0.870. The van der Waals surface area contributed by atoms with Gasteiger partial charge in [-0.15, -0.1) is 0 Å². The van der Waals surface area contributed by atoms with Gasteiger partial charge >= 0.3 is 0 Å². The summed E-state index contributed by atoms with van der Waals surface area (Å²) in [6.07, 6.45) is 8.40. The van der Waals surface area contributed by atoms with Gasteiger partial charge in [-0.2, -0.15) is 0 Å². The lowest BCUT2D eigenvalue weighted by Crippen LogP contribution is -2.59. The van der Waals surface area contributed by atoms with Crippen LogP contribution in [0.1, 0.15) is 66.2 Å². The average Bonchev–Trinajstić information content (AvgIpc) is 2.45. The summed E-state index contributed by atoms with van der Waals surface area (Å²) in [7, 11) is 0. The van der Waals surface area contributed by atoms with Gasteiger partial charge in [-0.25, -0.2) is 0 Å². The van der Waals surface area contributed by atoms with Crippen molar-refractivity contribution in [1.82, 2.24) is 10.2 Å². The summed E-state index contributed by atoms with van der Waals surface area (Å²) in [6.45, 7) is 8.71. The lowest BCUT2D eigenvalue weighted by molar-refractivity contribution is -0.150. The zero-order valence-electron chi connectivity index (χ0n) is 14.4. The second-order valence-electron chi connectivity index (χ2n) is 7.65. The van der Waals surface area contributed by atoms with Crippen LogP contribution in [0.3, 0.4) is 0 Å². The molecule has 0 spiro atoms. The Morgan fingerprint density at radius 3 is 2.59 bits per heavy atom. The SMILES string of the molecule is CC(C)C(=O)N1CCCC(C)(C)C1C(=O)NC1=CCCCC1. The van der Waals surface area contributed by atoms with Gasteiger partial charge in [-0.05, 0) is 43.9 Å². The lowest BCUT2D eigenvalue weighted by Gasteiger charge is -2.46. The van der Waals surface area contributed by atoms with Crippen LogP contribution in [-0.2, 0) is 9.59 Å². The molecule has 1 N–H and O–H groups in total. The van der Waals surface area contributed by atoms with E-state index in [1.54, 1.807) is 0 Å². The minimum absolute atomic E-state index is 0.00755. The first kappa shape index (κ1) is 17.0. The Morgan fingerprint density at radius 2 is 2.00 bits per heavy atom. The van der Waals surface area contributed by atoms with Gasteiger partial charge in [0.2, 0.25) is 11.8 Å². The fraction of sp³-hybridized carbons (Fsp3) is 0.778. The Kier molecular flexibility index (Phi) is 5.30. The zero-order valence-corrected chi connectivity index (χ0v) is 14.4. The topological polar surface area (TPSA) is 49.4 Å². The summed E-state index contributed by atoms with van der Waals surface area (Å²) < 4.78 is 0. The highest BCUT2D eigenvalue weighted by Crippen LogP contribution is 2.36. The smallest absolute Gasteiger partial charge is 0.247 e. The number of hydrogen-bond acceptors (Lipinski definition) is 2. The summed E-state index contributed by atoms with van der Waals surface area (Å²) >= 11 is 0. The number of nitrogens with one attached hydrogen (secondary N) is 1. The summed E-state index contributed by atoms with van der Waals surface area (Å²) in [5, 5.41) is 3.10. The second-order valence-corrected chi connectivity index (χ2v) is 7.65. The van der Waals surface area contributed by atoms with Gasteiger partial charge in [0.15, 0.2) is 0 Å². The highest BCUT2D eigenvalue weighted by atomic mass is 16.2. The third-order valence-corrected chi connectivity index (χ3v) is 4.87. The summed E-state index contributed by atoms with van der Waals surface area (Å²) in [6, 6.07) is -0.362. The molecule has 0 aromatic rings. The molecule has 2 aliphatic rings. The molecule has 1 saturated heterocycles. The maximum atomic E-state index is 12.9. The number of nitrogens with zero attached hydrogens (tertiary/aromatic N) is 1. The average molecular weight is 306 g/mol. The fourth-order valence-electron chi connectivity index (χ4n) is 3.64. The maximum Gasteiger partial charge on any atom is 0.247 e.